The van der Waals surface area contributed by atoms with Crippen molar-refractivity contribution in [3.05, 3.63) is 29.8 Å². The van der Waals surface area contributed by atoms with Gasteiger partial charge < -0.3 is 10.1 Å². The highest BCUT2D eigenvalue weighted by molar-refractivity contribution is 5.28. The van der Waals surface area contributed by atoms with E-state index in [4.69, 9.17) is 4.74 Å². The summed E-state index contributed by atoms with van der Waals surface area (Å²) in [5, 5.41) is 3.51. The Labute approximate surface area is 130 Å². The van der Waals surface area contributed by atoms with Crippen molar-refractivity contribution in [2.24, 2.45) is 5.92 Å². The maximum absolute atomic E-state index is 5.28. The van der Waals surface area contributed by atoms with Crippen molar-refractivity contribution >= 4 is 0 Å². The molecule has 1 aromatic carbocycles. The van der Waals surface area contributed by atoms with Gasteiger partial charge in [-0.15, -0.1) is 0 Å². The third-order valence-electron chi connectivity index (χ3n) is 3.85. The van der Waals surface area contributed by atoms with Crippen molar-refractivity contribution in [3.8, 4) is 5.75 Å². The van der Waals surface area contributed by atoms with E-state index in [2.05, 4.69) is 56.2 Å². The summed E-state index contributed by atoms with van der Waals surface area (Å²) < 4.78 is 5.28. The first-order chi connectivity index (χ1) is 10.0. The predicted octanol–water partition coefficient (Wildman–Crippen LogP) is 3.54. The Morgan fingerprint density at radius 2 is 2.00 bits per heavy atom. The van der Waals surface area contributed by atoms with Crippen LogP contribution in [0.1, 0.15) is 39.2 Å². The first-order valence-corrected chi connectivity index (χ1v) is 8.06. The molecule has 21 heavy (non-hydrogen) atoms. The summed E-state index contributed by atoms with van der Waals surface area (Å²) in [7, 11) is 3.92. The molecule has 0 fully saturated rings. The average molecular weight is 292 g/mol. The highest BCUT2D eigenvalue weighted by Crippen LogP contribution is 2.15. The van der Waals surface area contributed by atoms with Gasteiger partial charge in [-0.3, -0.25) is 4.90 Å². The van der Waals surface area contributed by atoms with Crippen LogP contribution in [0, 0.1) is 5.92 Å². The Morgan fingerprint density at radius 1 is 1.24 bits per heavy atom. The van der Waals surface area contributed by atoms with Crippen LogP contribution in [0.3, 0.4) is 0 Å². The van der Waals surface area contributed by atoms with Crippen molar-refractivity contribution in [3.63, 3.8) is 0 Å². The second-order valence-corrected chi connectivity index (χ2v) is 6.36. The van der Waals surface area contributed by atoms with Crippen LogP contribution in [0.5, 0.6) is 5.75 Å². The maximum atomic E-state index is 5.28. The normalized spacial score (nSPS) is 12.9. The largest absolute Gasteiger partial charge is 0.497 e. The van der Waals surface area contributed by atoms with Gasteiger partial charge in [0.2, 0.25) is 0 Å². The molecule has 0 radical (unpaired) electrons. The Balaban J connectivity index is 2.28. The van der Waals surface area contributed by atoms with Gasteiger partial charge in [-0.1, -0.05) is 26.0 Å². The minimum Gasteiger partial charge on any atom is -0.497 e. The quantitative estimate of drug-likeness (QED) is 0.668. The zero-order valence-corrected chi connectivity index (χ0v) is 14.4. The highest BCUT2D eigenvalue weighted by atomic mass is 16.5. The first-order valence-electron chi connectivity index (χ1n) is 8.06. The highest BCUT2D eigenvalue weighted by Gasteiger charge is 2.09. The lowest BCUT2D eigenvalue weighted by Gasteiger charge is -2.25. The molecule has 0 bridgehead atoms. The second kappa shape index (κ2) is 9.80. The molecule has 0 saturated heterocycles. The number of ether oxygens (including phenoxy) is 1. The number of nitrogens with zero attached hydrogens (tertiary/aromatic N) is 1. The van der Waals surface area contributed by atoms with Crippen LogP contribution in [-0.4, -0.2) is 38.2 Å². The molecule has 1 aromatic rings. The van der Waals surface area contributed by atoms with E-state index < -0.39 is 0 Å². The molecule has 1 atom stereocenters. The van der Waals surface area contributed by atoms with Crippen molar-refractivity contribution in [1.82, 2.24) is 10.2 Å². The average Bonchev–Trinajstić information content (AvgIpc) is 2.46. The lowest BCUT2D eigenvalue weighted by atomic mass is 10.1. The molecule has 1 N–H and O–H groups in total. The van der Waals surface area contributed by atoms with Crippen LogP contribution in [-0.2, 0) is 6.54 Å². The first kappa shape index (κ1) is 18.0. The molecular formula is C18H32N2O. The smallest absolute Gasteiger partial charge is 0.119 e. The Bertz CT molecular complexity index is 393. The number of methoxy groups -OCH3 is 1. The molecule has 3 heteroatoms. The fraction of sp³-hybridized carbons (Fsp3) is 0.667. The molecule has 0 saturated carbocycles. The van der Waals surface area contributed by atoms with E-state index in [9.17, 15) is 0 Å². The molecule has 0 aromatic heterocycles. The Kier molecular flexibility index (Phi) is 8.40. The summed E-state index contributed by atoms with van der Waals surface area (Å²) in [5.41, 5.74) is 1.31. The fourth-order valence-electron chi connectivity index (χ4n) is 2.35. The van der Waals surface area contributed by atoms with E-state index in [-0.39, 0.29) is 0 Å². The molecule has 1 rings (SSSR count). The van der Waals surface area contributed by atoms with Gasteiger partial charge in [-0.2, -0.15) is 0 Å². The number of rotatable bonds is 10. The molecule has 0 amide bonds. The van der Waals surface area contributed by atoms with Gasteiger partial charge in [0.15, 0.2) is 0 Å². The third-order valence-corrected chi connectivity index (χ3v) is 3.85. The van der Waals surface area contributed by atoms with Crippen molar-refractivity contribution in [2.45, 2.75) is 46.2 Å². The number of benzene rings is 1. The third kappa shape index (κ3) is 7.49. The van der Waals surface area contributed by atoms with Gasteiger partial charge >= 0.3 is 0 Å². The summed E-state index contributed by atoms with van der Waals surface area (Å²) in [5.74, 6) is 1.67. The lowest BCUT2D eigenvalue weighted by molar-refractivity contribution is 0.234. The number of hydrogen-bond donors (Lipinski definition) is 1. The molecular weight excluding hydrogens is 260 g/mol. The van der Waals surface area contributed by atoms with Gasteiger partial charge in [0.05, 0.1) is 7.11 Å². The lowest BCUT2D eigenvalue weighted by Crippen LogP contribution is -2.30. The van der Waals surface area contributed by atoms with Gasteiger partial charge in [0.25, 0.3) is 0 Å². The molecule has 1 unspecified atom stereocenters. The zero-order valence-electron chi connectivity index (χ0n) is 14.4. The van der Waals surface area contributed by atoms with E-state index in [0.29, 0.717) is 6.04 Å². The van der Waals surface area contributed by atoms with E-state index in [0.717, 1.165) is 31.3 Å². The monoisotopic (exact) mass is 292 g/mol. The molecule has 0 aliphatic carbocycles. The summed E-state index contributed by atoms with van der Waals surface area (Å²) >= 11 is 0. The topological polar surface area (TPSA) is 24.5 Å². The van der Waals surface area contributed by atoms with Crippen LogP contribution in [0.2, 0.25) is 0 Å². The van der Waals surface area contributed by atoms with Gasteiger partial charge in [0, 0.05) is 12.6 Å². The molecule has 0 heterocycles. The maximum Gasteiger partial charge on any atom is 0.119 e. The summed E-state index contributed by atoms with van der Waals surface area (Å²) in [6.07, 6.45) is 2.46. The predicted molar refractivity (Wildman–Crippen MR) is 90.9 cm³/mol. The Morgan fingerprint density at radius 3 is 2.67 bits per heavy atom. The van der Waals surface area contributed by atoms with E-state index in [1.807, 2.05) is 6.07 Å². The summed E-state index contributed by atoms with van der Waals surface area (Å²) in [6.45, 7) is 10.0. The standard InChI is InChI=1S/C18H32N2O/c1-15(2)13-19-11-7-8-16(3)20(4)14-17-9-6-10-18(12-17)21-5/h6,9-10,12,15-16,19H,7-8,11,13-14H2,1-5H3. The SMILES string of the molecule is COc1cccc(CN(C)C(C)CCCNCC(C)C)c1. The second-order valence-electron chi connectivity index (χ2n) is 6.36. The Hall–Kier alpha value is -1.06. The van der Waals surface area contributed by atoms with Gasteiger partial charge in [-0.25, -0.2) is 0 Å². The zero-order chi connectivity index (χ0) is 15.7. The van der Waals surface area contributed by atoms with Crippen molar-refractivity contribution in [1.29, 1.82) is 0 Å². The minimum atomic E-state index is 0.594. The number of nitrogens with one attached hydrogen (secondary N) is 1. The fourth-order valence-corrected chi connectivity index (χ4v) is 2.35. The van der Waals surface area contributed by atoms with Crippen molar-refractivity contribution in [2.75, 3.05) is 27.2 Å². The van der Waals surface area contributed by atoms with Crippen LogP contribution in [0.15, 0.2) is 24.3 Å². The summed E-state index contributed by atoms with van der Waals surface area (Å²) in [6, 6.07) is 8.93. The number of hydrogen-bond acceptors (Lipinski definition) is 3. The van der Waals surface area contributed by atoms with E-state index >= 15 is 0 Å². The van der Waals surface area contributed by atoms with Crippen LogP contribution in [0.4, 0.5) is 0 Å². The van der Waals surface area contributed by atoms with E-state index in [1.54, 1.807) is 7.11 Å². The minimum absolute atomic E-state index is 0.594. The molecule has 0 aliphatic heterocycles. The van der Waals surface area contributed by atoms with Crippen LogP contribution < -0.4 is 10.1 Å². The van der Waals surface area contributed by atoms with Crippen LogP contribution in [0.25, 0.3) is 0 Å². The molecule has 3 nitrogen and oxygen atoms in total. The van der Waals surface area contributed by atoms with Crippen molar-refractivity contribution < 1.29 is 4.74 Å². The van der Waals surface area contributed by atoms with Crippen LogP contribution >= 0.6 is 0 Å². The van der Waals surface area contributed by atoms with Gasteiger partial charge in [-0.05, 0) is 63.5 Å². The van der Waals surface area contributed by atoms with Gasteiger partial charge in [0.1, 0.15) is 5.75 Å². The molecule has 120 valence electrons. The molecule has 0 aliphatic rings. The molecule has 0 spiro atoms. The van der Waals surface area contributed by atoms with E-state index in [1.165, 1.54) is 18.4 Å². The summed E-state index contributed by atoms with van der Waals surface area (Å²) in [4.78, 5) is 2.41.